The van der Waals surface area contributed by atoms with Crippen molar-refractivity contribution in [1.29, 1.82) is 5.26 Å². The second-order valence-electron chi connectivity index (χ2n) is 2.95. The Bertz CT molecular complexity index is 239. The number of nitriles is 1. The number of hydrogen-bond acceptors (Lipinski definition) is 3. The van der Waals surface area contributed by atoms with Crippen molar-refractivity contribution in [3.63, 3.8) is 0 Å². The minimum atomic E-state index is 0.00889. The number of carbonyl (C=O) groups excluding carboxylic acids is 1. The summed E-state index contributed by atoms with van der Waals surface area (Å²) in [6.07, 6.45) is 5.09. The molecular weight excluding hydrogens is 152 g/mol. The average molecular weight is 164 g/mol. The zero-order chi connectivity index (χ0) is 8.97. The van der Waals surface area contributed by atoms with Gasteiger partial charge < -0.3 is 4.90 Å². The SMILES string of the molecule is CC(=O)C1CCCN1/C=C/C#N. The first kappa shape index (κ1) is 8.79. The molecule has 0 bridgehead atoms. The van der Waals surface area contributed by atoms with Crippen LogP contribution >= 0.6 is 0 Å². The van der Waals surface area contributed by atoms with E-state index in [0.717, 1.165) is 19.4 Å². The summed E-state index contributed by atoms with van der Waals surface area (Å²) in [5, 5.41) is 8.30. The number of Topliss-reactive ketones (excluding diaryl/α,β-unsaturated/α-hetero) is 1. The summed E-state index contributed by atoms with van der Waals surface area (Å²) in [5.74, 6) is 0.190. The van der Waals surface area contributed by atoms with E-state index in [-0.39, 0.29) is 11.8 Å². The minimum absolute atomic E-state index is 0.00889. The Labute approximate surface area is 72.3 Å². The molecule has 3 heteroatoms. The zero-order valence-corrected chi connectivity index (χ0v) is 7.16. The van der Waals surface area contributed by atoms with Gasteiger partial charge in [0.15, 0.2) is 5.78 Å². The number of rotatable bonds is 2. The van der Waals surface area contributed by atoms with Crippen molar-refractivity contribution in [3.8, 4) is 6.07 Å². The largest absolute Gasteiger partial charge is 0.367 e. The van der Waals surface area contributed by atoms with E-state index >= 15 is 0 Å². The number of carbonyl (C=O) groups is 1. The molecule has 1 rings (SSSR count). The normalized spacial score (nSPS) is 23.0. The van der Waals surface area contributed by atoms with Crippen molar-refractivity contribution in [3.05, 3.63) is 12.3 Å². The molecule has 0 spiro atoms. The highest BCUT2D eigenvalue weighted by Gasteiger charge is 2.24. The fraction of sp³-hybridized carbons (Fsp3) is 0.556. The highest BCUT2D eigenvalue weighted by molar-refractivity contribution is 5.81. The first-order valence-electron chi connectivity index (χ1n) is 4.08. The Morgan fingerprint density at radius 2 is 2.50 bits per heavy atom. The topological polar surface area (TPSA) is 44.1 Å². The third-order valence-electron chi connectivity index (χ3n) is 2.10. The van der Waals surface area contributed by atoms with Gasteiger partial charge in [0.1, 0.15) is 0 Å². The van der Waals surface area contributed by atoms with Gasteiger partial charge in [-0.2, -0.15) is 5.26 Å². The molecule has 1 saturated heterocycles. The molecule has 12 heavy (non-hydrogen) atoms. The molecule has 0 aromatic carbocycles. The average Bonchev–Trinajstić information content (AvgIpc) is 2.48. The van der Waals surface area contributed by atoms with E-state index in [2.05, 4.69) is 0 Å². The molecule has 1 aliphatic rings. The van der Waals surface area contributed by atoms with Gasteiger partial charge in [-0.1, -0.05) is 0 Å². The van der Waals surface area contributed by atoms with Crippen molar-refractivity contribution in [2.45, 2.75) is 25.8 Å². The Morgan fingerprint density at radius 3 is 3.08 bits per heavy atom. The van der Waals surface area contributed by atoms with E-state index in [0.29, 0.717) is 0 Å². The van der Waals surface area contributed by atoms with E-state index in [1.165, 1.54) is 6.08 Å². The van der Waals surface area contributed by atoms with Crippen LogP contribution in [0.2, 0.25) is 0 Å². The lowest BCUT2D eigenvalue weighted by Crippen LogP contribution is -2.30. The maximum Gasteiger partial charge on any atom is 0.152 e. The molecule has 1 unspecified atom stereocenters. The second kappa shape index (κ2) is 3.91. The summed E-state index contributed by atoms with van der Waals surface area (Å²) >= 11 is 0. The van der Waals surface area contributed by atoms with Crippen LogP contribution in [-0.4, -0.2) is 23.3 Å². The van der Waals surface area contributed by atoms with Gasteiger partial charge in [-0.3, -0.25) is 4.79 Å². The summed E-state index contributed by atoms with van der Waals surface area (Å²) in [6, 6.07) is 1.93. The molecule has 0 amide bonds. The molecular formula is C9H12N2O. The number of likely N-dealkylation sites (tertiary alicyclic amines) is 1. The van der Waals surface area contributed by atoms with E-state index in [9.17, 15) is 4.79 Å². The predicted octanol–water partition coefficient (Wildman–Crippen LogP) is 1.08. The van der Waals surface area contributed by atoms with Gasteiger partial charge in [0, 0.05) is 18.8 Å². The third-order valence-corrected chi connectivity index (χ3v) is 2.10. The minimum Gasteiger partial charge on any atom is -0.367 e. The first-order valence-corrected chi connectivity index (χ1v) is 4.08. The molecule has 0 N–H and O–H groups in total. The highest BCUT2D eigenvalue weighted by atomic mass is 16.1. The van der Waals surface area contributed by atoms with Crippen LogP contribution in [0.3, 0.4) is 0 Å². The van der Waals surface area contributed by atoms with Crippen LogP contribution in [0, 0.1) is 11.3 Å². The van der Waals surface area contributed by atoms with Crippen LogP contribution in [0.1, 0.15) is 19.8 Å². The second-order valence-corrected chi connectivity index (χ2v) is 2.95. The Balaban J connectivity index is 2.59. The van der Waals surface area contributed by atoms with Crippen molar-refractivity contribution in [2.24, 2.45) is 0 Å². The quantitative estimate of drug-likeness (QED) is 0.573. The monoisotopic (exact) mass is 164 g/mol. The lowest BCUT2D eigenvalue weighted by atomic mass is 10.1. The molecule has 0 aliphatic carbocycles. The van der Waals surface area contributed by atoms with Crippen molar-refractivity contribution in [1.82, 2.24) is 4.90 Å². The van der Waals surface area contributed by atoms with Crippen molar-refractivity contribution in [2.75, 3.05) is 6.54 Å². The lowest BCUT2D eigenvalue weighted by Gasteiger charge is -2.19. The third kappa shape index (κ3) is 1.85. The molecule has 0 aromatic rings. The van der Waals surface area contributed by atoms with Crippen LogP contribution in [0.15, 0.2) is 12.3 Å². The van der Waals surface area contributed by atoms with E-state index in [4.69, 9.17) is 5.26 Å². The molecule has 0 saturated carbocycles. The summed E-state index contributed by atoms with van der Waals surface area (Å²) in [4.78, 5) is 13.0. The summed E-state index contributed by atoms with van der Waals surface area (Å²) in [5.41, 5.74) is 0. The molecule has 0 radical (unpaired) electrons. The van der Waals surface area contributed by atoms with Gasteiger partial charge in [-0.15, -0.1) is 0 Å². The Hall–Kier alpha value is -1.30. The molecule has 64 valence electrons. The van der Waals surface area contributed by atoms with Gasteiger partial charge >= 0.3 is 0 Å². The van der Waals surface area contributed by atoms with Crippen molar-refractivity contribution < 1.29 is 4.79 Å². The smallest absolute Gasteiger partial charge is 0.152 e. The summed E-state index contributed by atoms with van der Waals surface area (Å²) < 4.78 is 0. The van der Waals surface area contributed by atoms with Gasteiger partial charge in [-0.25, -0.2) is 0 Å². The van der Waals surface area contributed by atoms with E-state index in [1.54, 1.807) is 13.1 Å². The highest BCUT2D eigenvalue weighted by Crippen LogP contribution is 2.17. The number of allylic oxidation sites excluding steroid dienone is 1. The molecule has 1 heterocycles. The van der Waals surface area contributed by atoms with Gasteiger partial charge in [-0.05, 0) is 19.8 Å². The molecule has 1 fully saturated rings. The standard InChI is InChI=1S/C9H12N2O/c1-8(12)9-4-2-6-11(9)7-3-5-10/h3,7,9H,2,4,6H2,1H3/b7-3+. The number of hydrogen-bond donors (Lipinski definition) is 0. The van der Waals surface area contributed by atoms with Crippen LogP contribution < -0.4 is 0 Å². The fourth-order valence-corrected chi connectivity index (χ4v) is 1.53. The maximum atomic E-state index is 11.1. The number of ketones is 1. The predicted molar refractivity (Wildman–Crippen MR) is 45.2 cm³/mol. The molecule has 0 aromatic heterocycles. The fourth-order valence-electron chi connectivity index (χ4n) is 1.53. The van der Waals surface area contributed by atoms with Crippen LogP contribution in [0.4, 0.5) is 0 Å². The first-order chi connectivity index (χ1) is 5.75. The van der Waals surface area contributed by atoms with Crippen LogP contribution in [0.5, 0.6) is 0 Å². The van der Waals surface area contributed by atoms with Gasteiger partial charge in [0.05, 0.1) is 12.1 Å². The zero-order valence-electron chi connectivity index (χ0n) is 7.16. The Morgan fingerprint density at radius 1 is 1.75 bits per heavy atom. The van der Waals surface area contributed by atoms with E-state index < -0.39 is 0 Å². The summed E-state index contributed by atoms with van der Waals surface area (Å²) in [6.45, 7) is 2.49. The number of nitrogens with zero attached hydrogens (tertiary/aromatic N) is 2. The summed E-state index contributed by atoms with van der Waals surface area (Å²) in [7, 11) is 0. The molecule has 1 aliphatic heterocycles. The van der Waals surface area contributed by atoms with Crippen molar-refractivity contribution >= 4 is 5.78 Å². The van der Waals surface area contributed by atoms with Gasteiger partial charge in [0.2, 0.25) is 0 Å². The van der Waals surface area contributed by atoms with Crippen LogP contribution in [0.25, 0.3) is 0 Å². The Kier molecular flexibility index (Phi) is 2.87. The molecule has 3 nitrogen and oxygen atoms in total. The lowest BCUT2D eigenvalue weighted by molar-refractivity contribution is -0.120. The molecule has 1 atom stereocenters. The van der Waals surface area contributed by atoms with E-state index in [1.807, 2.05) is 11.0 Å². The van der Waals surface area contributed by atoms with Gasteiger partial charge in [0.25, 0.3) is 0 Å². The van der Waals surface area contributed by atoms with Crippen LogP contribution in [-0.2, 0) is 4.79 Å². The maximum absolute atomic E-state index is 11.1.